The number of hydrogen-bond donors (Lipinski definition) is 1. The maximum Gasteiger partial charge on any atom is 0.0661 e. The van der Waals surface area contributed by atoms with Crippen LogP contribution < -0.4 is 5.73 Å². The fraction of sp³-hybridized carbons (Fsp3) is 1.00. The quantitative estimate of drug-likeness (QED) is 0.805. The number of ether oxygens (including phenoxy) is 1. The predicted molar refractivity (Wildman–Crippen MR) is 80.2 cm³/mol. The summed E-state index contributed by atoms with van der Waals surface area (Å²) in [6.45, 7) is 7.29. The second-order valence-corrected chi connectivity index (χ2v) is 6.84. The molecule has 0 bridgehead atoms. The van der Waals surface area contributed by atoms with Gasteiger partial charge in [0.25, 0.3) is 0 Å². The smallest absolute Gasteiger partial charge is 0.0661 e. The van der Waals surface area contributed by atoms with Gasteiger partial charge in [0, 0.05) is 19.7 Å². The number of rotatable bonds is 6. The van der Waals surface area contributed by atoms with Crippen LogP contribution in [0.2, 0.25) is 0 Å². The zero-order valence-electron chi connectivity index (χ0n) is 13.0. The van der Waals surface area contributed by atoms with Crippen molar-refractivity contribution in [2.24, 2.45) is 17.6 Å². The van der Waals surface area contributed by atoms with Gasteiger partial charge in [-0.1, -0.05) is 26.7 Å². The van der Waals surface area contributed by atoms with E-state index in [2.05, 4.69) is 18.7 Å². The minimum Gasteiger partial charge on any atom is -0.383 e. The molecular formula is C16H32N2O. The lowest BCUT2D eigenvalue weighted by atomic mass is 9.82. The zero-order valence-corrected chi connectivity index (χ0v) is 13.0. The van der Waals surface area contributed by atoms with E-state index in [9.17, 15) is 0 Å². The summed E-state index contributed by atoms with van der Waals surface area (Å²) < 4.78 is 5.56. The number of nitrogens with zero attached hydrogens (tertiary/aromatic N) is 1. The fourth-order valence-corrected chi connectivity index (χ4v) is 4.42. The van der Waals surface area contributed by atoms with Crippen LogP contribution in [0, 0.1) is 11.8 Å². The van der Waals surface area contributed by atoms with Crippen LogP contribution in [0.5, 0.6) is 0 Å². The van der Waals surface area contributed by atoms with Crippen LogP contribution in [0.25, 0.3) is 0 Å². The Hall–Kier alpha value is -0.120. The number of methoxy groups -OCH3 is 1. The van der Waals surface area contributed by atoms with Gasteiger partial charge in [-0.25, -0.2) is 0 Å². The molecule has 2 aliphatic rings. The van der Waals surface area contributed by atoms with Gasteiger partial charge in [-0.05, 0) is 44.1 Å². The van der Waals surface area contributed by atoms with E-state index < -0.39 is 0 Å². The van der Waals surface area contributed by atoms with Crippen molar-refractivity contribution >= 4 is 0 Å². The normalized spacial score (nSPS) is 29.2. The van der Waals surface area contributed by atoms with Gasteiger partial charge in [0.15, 0.2) is 0 Å². The van der Waals surface area contributed by atoms with Gasteiger partial charge in [-0.15, -0.1) is 0 Å². The molecule has 1 saturated heterocycles. The van der Waals surface area contributed by atoms with E-state index in [1.807, 2.05) is 7.11 Å². The topological polar surface area (TPSA) is 38.5 Å². The van der Waals surface area contributed by atoms with Crippen molar-refractivity contribution in [2.45, 2.75) is 64.0 Å². The molecule has 2 rings (SSSR count). The van der Waals surface area contributed by atoms with Crippen LogP contribution in [0.4, 0.5) is 0 Å². The molecule has 19 heavy (non-hydrogen) atoms. The standard InChI is InChI=1S/C16H32N2O/c1-13(2)16(11-17,12-19-3)18-10-6-9-15(18)14-7-4-5-8-14/h13-15H,4-12,17H2,1-3H3. The maximum absolute atomic E-state index is 6.21. The van der Waals surface area contributed by atoms with Crippen molar-refractivity contribution < 1.29 is 4.74 Å². The molecule has 0 spiro atoms. The van der Waals surface area contributed by atoms with E-state index in [0.717, 1.165) is 18.6 Å². The molecule has 1 aliphatic heterocycles. The van der Waals surface area contributed by atoms with Crippen molar-refractivity contribution in [3.63, 3.8) is 0 Å². The summed E-state index contributed by atoms with van der Waals surface area (Å²) in [7, 11) is 1.81. The third kappa shape index (κ3) is 2.84. The first-order valence-electron chi connectivity index (χ1n) is 8.11. The minimum atomic E-state index is 0.0402. The molecule has 2 atom stereocenters. The van der Waals surface area contributed by atoms with Crippen molar-refractivity contribution in [2.75, 3.05) is 26.8 Å². The zero-order chi connectivity index (χ0) is 13.9. The Balaban J connectivity index is 2.18. The average Bonchev–Trinajstić information content (AvgIpc) is 3.05. The fourth-order valence-electron chi connectivity index (χ4n) is 4.42. The minimum absolute atomic E-state index is 0.0402. The molecule has 0 radical (unpaired) electrons. The van der Waals surface area contributed by atoms with Crippen LogP contribution in [0.3, 0.4) is 0 Å². The summed E-state index contributed by atoms with van der Waals surface area (Å²) in [5, 5.41) is 0. The van der Waals surface area contributed by atoms with Crippen molar-refractivity contribution in [3.8, 4) is 0 Å². The molecular weight excluding hydrogens is 236 g/mol. The highest BCUT2D eigenvalue weighted by Crippen LogP contribution is 2.40. The van der Waals surface area contributed by atoms with E-state index in [1.165, 1.54) is 45.1 Å². The molecule has 3 nitrogen and oxygen atoms in total. The van der Waals surface area contributed by atoms with Gasteiger partial charge >= 0.3 is 0 Å². The first-order chi connectivity index (χ1) is 9.15. The van der Waals surface area contributed by atoms with Gasteiger partial charge in [-0.2, -0.15) is 0 Å². The third-order valence-electron chi connectivity index (χ3n) is 5.64. The Morgan fingerprint density at radius 1 is 1.21 bits per heavy atom. The molecule has 2 unspecified atom stereocenters. The third-order valence-corrected chi connectivity index (χ3v) is 5.64. The SMILES string of the molecule is COCC(CN)(C(C)C)N1CCCC1C1CCCC1. The van der Waals surface area contributed by atoms with Gasteiger partial charge in [0.2, 0.25) is 0 Å². The molecule has 112 valence electrons. The summed E-state index contributed by atoms with van der Waals surface area (Å²) in [4.78, 5) is 2.73. The molecule has 1 saturated carbocycles. The molecule has 2 N–H and O–H groups in total. The van der Waals surface area contributed by atoms with Crippen LogP contribution >= 0.6 is 0 Å². The lowest BCUT2D eigenvalue weighted by Crippen LogP contribution is -2.62. The molecule has 3 heteroatoms. The van der Waals surface area contributed by atoms with Crippen LogP contribution in [-0.4, -0.2) is 43.3 Å². The van der Waals surface area contributed by atoms with Gasteiger partial charge in [0.05, 0.1) is 12.1 Å². The van der Waals surface area contributed by atoms with Crippen LogP contribution in [0.15, 0.2) is 0 Å². The van der Waals surface area contributed by atoms with Gasteiger partial charge < -0.3 is 10.5 Å². The second-order valence-electron chi connectivity index (χ2n) is 6.84. The highest BCUT2D eigenvalue weighted by atomic mass is 16.5. The summed E-state index contributed by atoms with van der Waals surface area (Å²) in [6.07, 6.45) is 8.40. The second kappa shape index (κ2) is 6.55. The average molecular weight is 268 g/mol. The first kappa shape index (κ1) is 15.3. The molecule has 0 aromatic carbocycles. The highest BCUT2D eigenvalue weighted by molar-refractivity contribution is 5.02. The van der Waals surface area contributed by atoms with Gasteiger partial charge in [-0.3, -0.25) is 4.90 Å². The largest absolute Gasteiger partial charge is 0.383 e. The van der Waals surface area contributed by atoms with Crippen molar-refractivity contribution in [3.05, 3.63) is 0 Å². The van der Waals surface area contributed by atoms with E-state index >= 15 is 0 Å². The first-order valence-corrected chi connectivity index (χ1v) is 8.11. The Labute approximate surface area is 118 Å². The molecule has 1 heterocycles. The Kier molecular flexibility index (Phi) is 5.27. The van der Waals surface area contributed by atoms with E-state index in [1.54, 1.807) is 0 Å². The summed E-state index contributed by atoms with van der Waals surface area (Å²) >= 11 is 0. The number of nitrogens with two attached hydrogens (primary N) is 1. The van der Waals surface area contributed by atoms with Gasteiger partial charge in [0.1, 0.15) is 0 Å². The number of likely N-dealkylation sites (tertiary alicyclic amines) is 1. The molecule has 0 amide bonds. The maximum atomic E-state index is 6.21. The molecule has 0 aromatic rings. The van der Waals surface area contributed by atoms with Crippen molar-refractivity contribution in [1.82, 2.24) is 4.90 Å². The van der Waals surface area contributed by atoms with E-state index in [4.69, 9.17) is 10.5 Å². The van der Waals surface area contributed by atoms with E-state index in [0.29, 0.717) is 12.5 Å². The predicted octanol–water partition coefficient (Wildman–Crippen LogP) is 2.64. The summed E-state index contributed by atoms with van der Waals surface area (Å²) in [5.41, 5.74) is 6.25. The Bertz CT molecular complexity index is 276. The monoisotopic (exact) mass is 268 g/mol. The van der Waals surface area contributed by atoms with Crippen LogP contribution in [-0.2, 0) is 4.74 Å². The Morgan fingerprint density at radius 3 is 2.42 bits per heavy atom. The molecule has 1 aliphatic carbocycles. The highest BCUT2D eigenvalue weighted by Gasteiger charge is 2.46. The lowest BCUT2D eigenvalue weighted by molar-refractivity contribution is -0.0353. The van der Waals surface area contributed by atoms with Crippen LogP contribution in [0.1, 0.15) is 52.4 Å². The molecule has 2 fully saturated rings. The van der Waals surface area contributed by atoms with E-state index in [-0.39, 0.29) is 5.54 Å². The van der Waals surface area contributed by atoms with Crippen molar-refractivity contribution in [1.29, 1.82) is 0 Å². The molecule has 0 aromatic heterocycles. The summed E-state index contributed by atoms with van der Waals surface area (Å²) in [5.74, 6) is 1.45. The number of hydrogen-bond acceptors (Lipinski definition) is 3. The Morgan fingerprint density at radius 2 is 1.89 bits per heavy atom. The lowest BCUT2D eigenvalue weighted by Gasteiger charge is -2.48. The summed E-state index contributed by atoms with van der Waals surface area (Å²) in [6, 6.07) is 0.753.